The number of likely N-dealkylation sites (tertiary alicyclic amines) is 1. The molecule has 1 aromatic carbocycles. The van der Waals surface area contributed by atoms with E-state index in [0.29, 0.717) is 48.1 Å². The second-order valence-corrected chi connectivity index (χ2v) is 7.61. The van der Waals surface area contributed by atoms with Gasteiger partial charge in [0.05, 0.1) is 29.0 Å². The molecule has 0 aliphatic carbocycles. The second-order valence-electron chi connectivity index (χ2n) is 7.21. The number of nitrogens with one attached hydrogen (secondary N) is 1. The van der Waals surface area contributed by atoms with Gasteiger partial charge in [0.15, 0.2) is 0 Å². The van der Waals surface area contributed by atoms with Crippen LogP contribution >= 0.6 is 11.6 Å². The van der Waals surface area contributed by atoms with Crippen LogP contribution in [0.3, 0.4) is 0 Å². The van der Waals surface area contributed by atoms with Crippen LogP contribution in [0.1, 0.15) is 42.1 Å². The first-order chi connectivity index (χ1) is 12.5. The number of nitrogen functional groups attached to an aromatic ring is 1. The van der Waals surface area contributed by atoms with E-state index in [1.165, 1.54) is 0 Å². The van der Waals surface area contributed by atoms with Crippen LogP contribution in [0.2, 0.25) is 5.02 Å². The van der Waals surface area contributed by atoms with Gasteiger partial charge in [0, 0.05) is 31.0 Å². The number of carbonyl (C=O) groups is 1. The van der Waals surface area contributed by atoms with Crippen molar-refractivity contribution in [3.63, 3.8) is 0 Å². The number of aliphatic hydroxyl groups excluding tert-OH is 1. The van der Waals surface area contributed by atoms with Gasteiger partial charge < -0.3 is 25.8 Å². The average Bonchev–Trinajstić information content (AvgIpc) is 3.12. The van der Waals surface area contributed by atoms with E-state index >= 15 is 0 Å². The Balaban J connectivity index is 1.59. The summed E-state index contributed by atoms with van der Waals surface area (Å²) in [7, 11) is 0. The minimum Gasteiger partial charge on any atom is -0.492 e. The molecule has 0 aromatic heterocycles. The minimum absolute atomic E-state index is 0.0649. The van der Waals surface area contributed by atoms with Crippen molar-refractivity contribution < 1.29 is 14.6 Å². The van der Waals surface area contributed by atoms with Gasteiger partial charge in [0.25, 0.3) is 5.91 Å². The van der Waals surface area contributed by atoms with Gasteiger partial charge in [-0.25, -0.2) is 0 Å². The lowest BCUT2D eigenvalue weighted by Crippen LogP contribution is -2.47. The summed E-state index contributed by atoms with van der Waals surface area (Å²) in [6.07, 6.45) is 3.43. The molecular weight excluding hydrogens is 354 g/mol. The van der Waals surface area contributed by atoms with Gasteiger partial charge in [-0.3, -0.25) is 4.79 Å². The summed E-state index contributed by atoms with van der Waals surface area (Å²) in [4.78, 5) is 14.9. The van der Waals surface area contributed by atoms with E-state index < -0.39 is 6.10 Å². The van der Waals surface area contributed by atoms with Gasteiger partial charge in [0.1, 0.15) is 5.75 Å². The van der Waals surface area contributed by atoms with Crippen LogP contribution in [0.25, 0.3) is 0 Å². The number of halogens is 1. The maximum Gasteiger partial charge on any atom is 0.255 e. The molecule has 0 saturated carbocycles. The molecule has 1 fully saturated rings. The van der Waals surface area contributed by atoms with Crippen molar-refractivity contribution in [2.75, 3.05) is 38.5 Å². The third-order valence-corrected chi connectivity index (χ3v) is 5.69. The van der Waals surface area contributed by atoms with Gasteiger partial charge in [-0.05, 0) is 32.0 Å². The first-order valence-electron chi connectivity index (χ1n) is 9.43. The number of rotatable bonds is 6. The number of unbranched alkanes of at least 4 members (excludes halogenated alkanes) is 1. The number of aliphatic hydroxyl groups is 1. The first kappa shape index (κ1) is 19.3. The largest absolute Gasteiger partial charge is 0.492 e. The summed E-state index contributed by atoms with van der Waals surface area (Å²) < 4.78 is 5.60. The number of carbonyl (C=O) groups excluding carboxylic acids is 1. The molecule has 3 rings (SSSR count). The fraction of sp³-hybridized carbons (Fsp3) is 0.632. The lowest BCUT2D eigenvalue weighted by molar-refractivity contribution is 0.0217. The SMILES string of the molecule is CCCCN1CC[C@@H](CNC(=O)c2cc(Cl)c(N)c3c2OCC3)[C@H](O)C1. The maximum atomic E-state index is 12.6. The van der Waals surface area contributed by atoms with Crippen molar-refractivity contribution in [2.24, 2.45) is 5.92 Å². The summed E-state index contributed by atoms with van der Waals surface area (Å²) in [5, 5.41) is 13.7. The third kappa shape index (κ3) is 4.08. The fourth-order valence-corrected chi connectivity index (χ4v) is 3.95. The molecule has 0 unspecified atom stereocenters. The summed E-state index contributed by atoms with van der Waals surface area (Å²) in [5.74, 6) is 0.375. The van der Waals surface area contributed by atoms with E-state index in [4.69, 9.17) is 22.1 Å². The van der Waals surface area contributed by atoms with Crippen LogP contribution < -0.4 is 15.8 Å². The standard InChI is InChI=1S/C19H28ClN3O3/c1-2-3-6-23-7-4-12(16(24)11-23)10-22-19(25)14-9-15(20)17(21)13-5-8-26-18(13)14/h9,12,16,24H,2-8,10-11,21H2,1H3,(H,22,25)/t12-,16+/m0/s1. The van der Waals surface area contributed by atoms with E-state index in [9.17, 15) is 9.90 Å². The number of β-amino-alcohol motifs (C(OH)–C–C–N with tert-alkyl or cyclic N) is 1. The Kier molecular flexibility index (Phi) is 6.27. The molecular formula is C19H28ClN3O3. The third-order valence-electron chi connectivity index (χ3n) is 5.37. The molecule has 0 radical (unpaired) electrons. The Bertz CT molecular complexity index is 668. The van der Waals surface area contributed by atoms with Crippen molar-refractivity contribution in [3.8, 4) is 5.75 Å². The number of amides is 1. The predicted octanol–water partition coefficient (Wildman–Crippen LogP) is 2.07. The number of nitrogens with zero attached hydrogens (tertiary/aromatic N) is 1. The molecule has 2 atom stereocenters. The molecule has 144 valence electrons. The number of nitrogens with two attached hydrogens (primary N) is 1. The highest BCUT2D eigenvalue weighted by Crippen LogP contribution is 2.38. The van der Waals surface area contributed by atoms with Crippen molar-refractivity contribution in [3.05, 3.63) is 22.2 Å². The zero-order chi connectivity index (χ0) is 18.7. The van der Waals surface area contributed by atoms with E-state index in [1.807, 2.05) is 0 Å². The molecule has 2 aliphatic rings. The van der Waals surface area contributed by atoms with Gasteiger partial charge >= 0.3 is 0 Å². The topological polar surface area (TPSA) is 87.8 Å². The van der Waals surface area contributed by atoms with Crippen LogP contribution in [0.4, 0.5) is 5.69 Å². The molecule has 26 heavy (non-hydrogen) atoms. The van der Waals surface area contributed by atoms with Crippen molar-refractivity contribution in [1.29, 1.82) is 0 Å². The Morgan fingerprint density at radius 1 is 1.54 bits per heavy atom. The smallest absolute Gasteiger partial charge is 0.255 e. The number of fused-ring (bicyclic) bond motifs is 1. The molecule has 0 spiro atoms. The van der Waals surface area contributed by atoms with Gasteiger partial charge in [-0.1, -0.05) is 24.9 Å². The van der Waals surface area contributed by atoms with Crippen LogP contribution in [0.5, 0.6) is 5.75 Å². The lowest BCUT2D eigenvalue weighted by atomic mass is 9.93. The van der Waals surface area contributed by atoms with Crippen LogP contribution in [-0.4, -0.2) is 54.8 Å². The highest BCUT2D eigenvalue weighted by molar-refractivity contribution is 6.33. The maximum absolute atomic E-state index is 12.6. The van der Waals surface area contributed by atoms with E-state index in [2.05, 4.69) is 17.1 Å². The lowest BCUT2D eigenvalue weighted by Gasteiger charge is -2.36. The monoisotopic (exact) mass is 381 g/mol. The zero-order valence-corrected chi connectivity index (χ0v) is 16.0. The minimum atomic E-state index is -0.419. The molecule has 6 nitrogen and oxygen atoms in total. The van der Waals surface area contributed by atoms with Crippen molar-refractivity contribution in [2.45, 2.75) is 38.7 Å². The molecule has 1 amide bonds. The van der Waals surface area contributed by atoms with E-state index in [-0.39, 0.29) is 11.8 Å². The van der Waals surface area contributed by atoms with Crippen LogP contribution in [0, 0.1) is 5.92 Å². The highest BCUT2D eigenvalue weighted by atomic mass is 35.5. The Morgan fingerprint density at radius 2 is 2.35 bits per heavy atom. The molecule has 4 N–H and O–H groups in total. The summed E-state index contributed by atoms with van der Waals surface area (Å²) in [6, 6.07) is 1.57. The van der Waals surface area contributed by atoms with Gasteiger partial charge in [0.2, 0.25) is 0 Å². The average molecular weight is 382 g/mol. The van der Waals surface area contributed by atoms with E-state index in [1.54, 1.807) is 6.07 Å². The number of anilines is 1. The van der Waals surface area contributed by atoms with Gasteiger partial charge in [-0.15, -0.1) is 0 Å². The van der Waals surface area contributed by atoms with Crippen LogP contribution in [0.15, 0.2) is 6.07 Å². The number of ether oxygens (including phenoxy) is 1. The van der Waals surface area contributed by atoms with Crippen LogP contribution in [-0.2, 0) is 6.42 Å². The number of piperidine rings is 1. The summed E-state index contributed by atoms with van der Waals surface area (Å²) in [5.41, 5.74) is 7.70. The number of hydrogen-bond acceptors (Lipinski definition) is 5. The summed E-state index contributed by atoms with van der Waals surface area (Å²) in [6.45, 7) is 5.78. The van der Waals surface area contributed by atoms with E-state index in [0.717, 1.165) is 37.9 Å². The van der Waals surface area contributed by atoms with Gasteiger partial charge in [-0.2, -0.15) is 0 Å². The molecule has 2 heterocycles. The van der Waals surface area contributed by atoms with Crippen molar-refractivity contribution in [1.82, 2.24) is 10.2 Å². The molecule has 1 aromatic rings. The second kappa shape index (κ2) is 8.46. The predicted molar refractivity (Wildman–Crippen MR) is 103 cm³/mol. The van der Waals surface area contributed by atoms with Crippen molar-refractivity contribution >= 4 is 23.2 Å². The number of hydrogen-bond donors (Lipinski definition) is 3. The Hall–Kier alpha value is -1.50. The Morgan fingerprint density at radius 3 is 3.08 bits per heavy atom. The first-order valence-corrected chi connectivity index (χ1v) is 9.81. The quantitative estimate of drug-likeness (QED) is 0.656. The molecule has 1 saturated heterocycles. The Labute approximate surface area is 159 Å². The number of benzene rings is 1. The zero-order valence-electron chi connectivity index (χ0n) is 15.3. The molecule has 7 heteroatoms. The summed E-state index contributed by atoms with van der Waals surface area (Å²) >= 11 is 6.17. The molecule has 0 bridgehead atoms. The highest BCUT2D eigenvalue weighted by Gasteiger charge is 2.29. The normalized spacial score (nSPS) is 22.7. The molecule has 2 aliphatic heterocycles. The fourth-order valence-electron chi connectivity index (χ4n) is 3.72.